The van der Waals surface area contributed by atoms with Crippen LogP contribution >= 0.6 is 11.6 Å². The number of carboxylic acids is 1. The third-order valence-corrected chi connectivity index (χ3v) is 4.71. The maximum absolute atomic E-state index is 13.9. The van der Waals surface area contributed by atoms with E-state index in [1.807, 2.05) is 0 Å². The lowest BCUT2D eigenvalue weighted by molar-refractivity contribution is -0.138. The molecule has 0 aliphatic heterocycles. The van der Waals surface area contributed by atoms with Gasteiger partial charge in [0.05, 0.1) is 22.5 Å². The standard InChI is InChI=1S/C19H14ClF4NO2/c1-10-13(7-18(26)27)14-6-16(21)15(20)8-17(14)25(10)9-11-3-2-4-12(5-11)19(22,23)24/h2-6,8H,7,9H2,1H3,(H,26,27). The Morgan fingerprint density at radius 1 is 1.22 bits per heavy atom. The van der Waals surface area contributed by atoms with Crippen molar-refractivity contribution in [3.8, 4) is 0 Å². The van der Waals surface area contributed by atoms with Gasteiger partial charge in [-0.15, -0.1) is 0 Å². The summed E-state index contributed by atoms with van der Waals surface area (Å²) in [7, 11) is 0. The van der Waals surface area contributed by atoms with E-state index in [1.165, 1.54) is 12.1 Å². The molecule has 2 aromatic carbocycles. The number of alkyl halides is 3. The summed E-state index contributed by atoms with van der Waals surface area (Å²) < 4.78 is 54.4. The summed E-state index contributed by atoms with van der Waals surface area (Å²) in [6, 6.07) is 7.38. The summed E-state index contributed by atoms with van der Waals surface area (Å²) in [6.45, 7) is 1.71. The van der Waals surface area contributed by atoms with Crippen LogP contribution in [0.3, 0.4) is 0 Å². The summed E-state index contributed by atoms with van der Waals surface area (Å²) in [6.07, 6.45) is -4.80. The number of halogens is 5. The largest absolute Gasteiger partial charge is 0.481 e. The van der Waals surface area contributed by atoms with Crippen LogP contribution in [0.5, 0.6) is 0 Å². The molecule has 142 valence electrons. The van der Waals surface area contributed by atoms with Gasteiger partial charge >= 0.3 is 12.1 Å². The first-order chi connectivity index (χ1) is 12.6. The molecule has 0 atom stereocenters. The number of rotatable bonds is 4. The van der Waals surface area contributed by atoms with Crippen LogP contribution in [0.25, 0.3) is 10.9 Å². The van der Waals surface area contributed by atoms with Gasteiger partial charge in [0.2, 0.25) is 0 Å². The van der Waals surface area contributed by atoms with Crippen molar-refractivity contribution in [2.75, 3.05) is 0 Å². The van der Waals surface area contributed by atoms with Crippen LogP contribution in [0.1, 0.15) is 22.4 Å². The number of aromatic nitrogens is 1. The third-order valence-electron chi connectivity index (χ3n) is 4.42. The molecule has 3 rings (SSSR count). The van der Waals surface area contributed by atoms with Crippen molar-refractivity contribution in [1.29, 1.82) is 0 Å². The van der Waals surface area contributed by atoms with Crippen LogP contribution in [0.15, 0.2) is 36.4 Å². The predicted molar refractivity (Wildman–Crippen MR) is 93.5 cm³/mol. The molecular weight excluding hydrogens is 386 g/mol. The lowest BCUT2D eigenvalue weighted by Gasteiger charge is -2.12. The van der Waals surface area contributed by atoms with Crippen molar-refractivity contribution >= 4 is 28.5 Å². The highest BCUT2D eigenvalue weighted by molar-refractivity contribution is 6.31. The Hall–Kier alpha value is -2.54. The highest BCUT2D eigenvalue weighted by Crippen LogP contribution is 2.33. The van der Waals surface area contributed by atoms with Crippen molar-refractivity contribution in [2.45, 2.75) is 26.1 Å². The molecule has 0 bridgehead atoms. The topological polar surface area (TPSA) is 42.2 Å². The van der Waals surface area contributed by atoms with E-state index in [1.54, 1.807) is 17.6 Å². The van der Waals surface area contributed by atoms with E-state index >= 15 is 0 Å². The number of carboxylic acid groups (broad SMARTS) is 1. The first kappa shape index (κ1) is 19.2. The Bertz CT molecular complexity index is 1040. The fourth-order valence-corrected chi connectivity index (χ4v) is 3.30. The van der Waals surface area contributed by atoms with Crippen LogP contribution in [0.4, 0.5) is 17.6 Å². The molecule has 1 heterocycles. The molecular formula is C19H14ClF4NO2. The average Bonchev–Trinajstić information content (AvgIpc) is 2.80. The van der Waals surface area contributed by atoms with Crippen molar-refractivity contribution in [3.63, 3.8) is 0 Å². The number of nitrogens with zero attached hydrogens (tertiary/aromatic N) is 1. The molecule has 0 amide bonds. The molecule has 0 aliphatic rings. The van der Waals surface area contributed by atoms with E-state index in [4.69, 9.17) is 16.7 Å². The Morgan fingerprint density at radius 3 is 2.56 bits per heavy atom. The summed E-state index contributed by atoms with van der Waals surface area (Å²) in [5, 5.41) is 9.38. The predicted octanol–water partition coefficient (Wildman–Crippen LogP) is 5.44. The maximum Gasteiger partial charge on any atom is 0.416 e. The Balaban J connectivity index is 2.16. The van der Waals surface area contributed by atoms with Gasteiger partial charge in [-0.2, -0.15) is 13.2 Å². The number of benzene rings is 2. The van der Waals surface area contributed by atoms with Gasteiger partial charge in [0.25, 0.3) is 0 Å². The van der Waals surface area contributed by atoms with Gasteiger partial charge in [-0.05, 0) is 42.3 Å². The van der Waals surface area contributed by atoms with E-state index in [0.717, 1.165) is 18.2 Å². The minimum atomic E-state index is -4.47. The third kappa shape index (κ3) is 3.78. The smallest absolute Gasteiger partial charge is 0.416 e. The van der Waals surface area contributed by atoms with Crippen LogP contribution in [-0.4, -0.2) is 15.6 Å². The Kier molecular flexibility index (Phi) is 4.90. The van der Waals surface area contributed by atoms with Gasteiger partial charge in [0, 0.05) is 17.6 Å². The Labute approximate surface area is 156 Å². The van der Waals surface area contributed by atoms with Crippen LogP contribution in [0.2, 0.25) is 5.02 Å². The number of hydrogen-bond acceptors (Lipinski definition) is 1. The zero-order valence-electron chi connectivity index (χ0n) is 14.1. The molecule has 0 fully saturated rings. The molecule has 0 aliphatic carbocycles. The zero-order valence-corrected chi connectivity index (χ0v) is 14.8. The molecule has 0 saturated carbocycles. The van der Waals surface area contributed by atoms with Gasteiger partial charge in [-0.3, -0.25) is 4.79 Å². The van der Waals surface area contributed by atoms with E-state index < -0.39 is 23.5 Å². The molecule has 0 radical (unpaired) electrons. The van der Waals surface area contributed by atoms with E-state index in [2.05, 4.69) is 0 Å². The SMILES string of the molecule is Cc1c(CC(=O)O)c2cc(F)c(Cl)cc2n1Cc1cccc(C(F)(F)F)c1. The summed E-state index contributed by atoms with van der Waals surface area (Å²) in [5.74, 6) is -1.78. The van der Waals surface area contributed by atoms with Crippen LogP contribution in [-0.2, 0) is 23.9 Å². The number of carbonyl (C=O) groups is 1. The van der Waals surface area contributed by atoms with Crippen molar-refractivity contribution in [3.05, 3.63) is 69.6 Å². The number of fused-ring (bicyclic) bond motifs is 1. The molecule has 3 nitrogen and oxygen atoms in total. The van der Waals surface area contributed by atoms with E-state index in [9.17, 15) is 22.4 Å². The first-order valence-electron chi connectivity index (χ1n) is 7.92. The van der Waals surface area contributed by atoms with Gasteiger partial charge in [0.1, 0.15) is 5.82 Å². The van der Waals surface area contributed by atoms with Crippen molar-refractivity contribution in [1.82, 2.24) is 4.57 Å². The van der Waals surface area contributed by atoms with Crippen molar-refractivity contribution in [2.24, 2.45) is 0 Å². The minimum absolute atomic E-state index is 0.0633. The molecule has 1 N–H and O–H groups in total. The van der Waals surface area contributed by atoms with Gasteiger partial charge in [0.15, 0.2) is 0 Å². The van der Waals surface area contributed by atoms with Gasteiger partial charge < -0.3 is 9.67 Å². The quantitative estimate of drug-likeness (QED) is 0.594. The zero-order chi connectivity index (χ0) is 19.9. The average molecular weight is 400 g/mol. The monoisotopic (exact) mass is 399 g/mol. The lowest BCUT2D eigenvalue weighted by Crippen LogP contribution is -2.08. The van der Waals surface area contributed by atoms with Crippen molar-refractivity contribution < 1.29 is 27.5 Å². The number of hydrogen-bond donors (Lipinski definition) is 1. The molecule has 8 heteroatoms. The minimum Gasteiger partial charge on any atom is -0.481 e. The molecule has 3 aromatic rings. The van der Waals surface area contributed by atoms with Crippen LogP contribution in [0, 0.1) is 12.7 Å². The van der Waals surface area contributed by atoms with E-state index in [0.29, 0.717) is 27.7 Å². The summed E-state index contributed by atoms with van der Waals surface area (Å²) in [4.78, 5) is 11.2. The molecule has 0 unspecified atom stereocenters. The first-order valence-corrected chi connectivity index (χ1v) is 8.30. The molecule has 0 saturated heterocycles. The lowest BCUT2D eigenvalue weighted by atomic mass is 10.1. The fourth-order valence-electron chi connectivity index (χ4n) is 3.15. The van der Waals surface area contributed by atoms with Gasteiger partial charge in [-0.1, -0.05) is 23.7 Å². The highest BCUT2D eigenvalue weighted by Gasteiger charge is 2.30. The van der Waals surface area contributed by atoms with E-state index in [-0.39, 0.29) is 18.0 Å². The molecule has 0 spiro atoms. The van der Waals surface area contributed by atoms with Crippen LogP contribution < -0.4 is 0 Å². The normalized spacial score (nSPS) is 11.9. The van der Waals surface area contributed by atoms with Gasteiger partial charge in [-0.25, -0.2) is 4.39 Å². The fraction of sp³-hybridized carbons (Fsp3) is 0.211. The molecule has 1 aromatic heterocycles. The second-order valence-electron chi connectivity index (χ2n) is 6.20. The summed E-state index contributed by atoms with van der Waals surface area (Å²) in [5.41, 5.74) is 1.01. The molecule has 27 heavy (non-hydrogen) atoms. The maximum atomic E-state index is 13.9. The second kappa shape index (κ2) is 6.88. The summed E-state index contributed by atoms with van der Waals surface area (Å²) >= 11 is 5.86. The second-order valence-corrected chi connectivity index (χ2v) is 6.61. The Morgan fingerprint density at radius 2 is 1.93 bits per heavy atom. The highest BCUT2D eigenvalue weighted by atomic mass is 35.5. The number of aliphatic carboxylic acids is 1.